The molecule has 1 unspecified atom stereocenters. The Labute approximate surface area is 186 Å². The lowest BCUT2D eigenvalue weighted by Gasteiger charge is -2.30. The van der Waals surface area contributed by atoms with Gasteiger partial charge in [-0.25, -0.2) is 9.78 Å². The highest BCUT2D eigenvalue weighted by molar-refractivity contribution is 7.14. The summed E-state index contributed by atoms with van der Waals surface area (Å²) in [5.41, 5.74) is 1.92. The lowest BCUT2D eigenvalue weighted by atomic mass is 10.0. The molecule has 1 N–H and O–H groups in total. The Morgan fingerprint density at radius 1 is 1.29 bits per heavy atom. The smallest absolute Gasteiger partial charge is 0.339 e. The molecule has 2 fully saturated rings. The van der Waals surface area contributed by atoms with E-state index < -0.39 is 5.97 Å². The van der Waals surface area contributed by atoms with Crippen molar-refractivity contribution in [3.05, 3.63) is 40.4 Å². The molecule has 1 aromatic heterocycles. The molecule has 2 aliphatic heterocycles. The summed E-state index contributed by atoms with van der Waals surface area (Å²) in [7, 11) is 3.37. The normalized spacial score (nSPS) is 21.8. The molecule has 0 spiro atoms. The van der Waals surface area contributed by atoms with Gasteiger partial charge in [0.1, 0.15) is 5.69 Å². The zero-order valence-corrected chi connectivity index (χ0v) is 18.9. The number of hydrogen-bond acceptors (Lipinski definition) is 8. The Hall–Kier alpha value is -2.49. The van der Waals surface area contributed by atoms with Gasteiger partial charge in [-0.3, -0.25) is 4.79 Å². The molecule has 1 aromatic carbocycles. The minimum absolute atomic E-state index is 0.129. The molecule has 4 rings (SSSR count). The van der Waals surface area contributed by atoms with Crippen LogP contribution in [-0.2, 0) is 9.47 Å². The van der Waals surface area contributed by atoms with Gasteiger partial charge in [0.25, 0.3) is 5.91 Å². The van der Waals surface area contributed by atoms with Gasteiger partial charge in [0, 0.05) is 31.6 Å². The van der Waals surface area contributed by atoms with Gasteiger partial charge >= 0.3 is 5.97 Å². The van der Waals surface area contributed by atoms with Crippen LogP contribution in [0.3, 0.4) is 0 Å². The van der Waals surface area contributed by atoms with Crippen LogP contribution in [0, 0.1) is 5.92 Å². The number of esters is 1. The third-order valence-electron chi connectivity index (χ3n) is 5.76. The minimum Gasteiger partial charge on any atom is -0.465 e. The van der Waals surface area contributed by atoms with E-state index in [4.69, 9.17) is 9.47 Å². The number of thiazole rings is 1. The van der Waals surface area contributed by atoms with E-state index in [1.54, 1.807) is 17.5 Å². The molecule has 31 heavy (non-hydrogen) atoms. The lowest BCUT2D eigenvalue weighted by molar-refractivity contribution is -0.0209. The fourth-order valence-electron chi connectivity index (χ4n) is 3.94. The molecule has 2 aliphatic rings. The summed E-state index contributed by atoms with van der Waals surface area (Å²) in [6, 6.07) is 5.35. The highest BCUT2D eigenvalue weighted by Crippen LogP contribution is 2.29. The fourth-order valence-corrected chi connectivity index (χ4v) is 4.78. The van der Waals surface area contributed by atoms with Crippen molar-refractivity contribution in [2.45, 2.75) is 19.4 Å². The summed E-state index contributed by atoms with van der Waals surface area (Å²) in [6.45, 7) is 6.39. The Kier molecular flexibility index (Phi) is 6.54. The molecule has 2 saturated heterocycles. The molecule has 2 atom stereocenters. The van der Waals surface area contributed by atoms with Gasteiger partial charge in [-0.05, 0) is 37.1 Å². The number of methoxy groups -OCH3 is 1. The quantitative estimate of drug-likeness (QED) is 0.710. The van der Waals surface area contributed by atoms with Gasteiger partial charge in [0.2, 0.25) is 0 Å². The predicted molar refractivity (Wildman–Crippen MR) is 120 cm³/mol. The van der Waals surface area contributed by atoms with Crippen molar-refractivity contribution < 1.29 is 19.1 Å². The zero-order valence-electron chi connectivity index (χ0n) is 18.1. The molecule has 0 saturated carbocycles. The number of likely N-dealkylation sites (N-methyl/N-ethyl adjacent to an activating group) is 1. The molecule has 8 nitrogen and oxygen atoms in total. The lowest BCUT2D eigenvalue weighted by Crippen LogP contribution is -2.35. The van der Waals surface area contributed by atoms with Gasteiger partial charge in [-0.15, -0.1) is 11.3 Å². The number of carbonyl (C=O) groups excluding carboxylic acids is 2. The molecule has 3 heterocycles. The summed E-state index contributed by atoms with van der Waals surface area (Å²) < 4.78 is 10.8. The van der Waals surface area contributed by atoms with Crippen LogP contribution >= 0.6 is 11.3 Å². The zero-order chi connectivity index (χ0) is 22.0. The topological polar surface area (TPSA) is 84.0 Å². The maximum absolute atomic E-state index is 12.8. The molecule has 0 aliphatic carbocycles. The number of morpholine rings is 1. The number of nitrogens with one attached hydrogen (secondary N) is 1. The maximum Gasteiger partial charge on any atom is 0.339 e. The Morgan fingerprint density at radius 2 is 2.13 bits per heavy atom. The van der Waals surface area contributed by atoms with Gasteiger partial charge in [0.05, 0.1) is 31.1 Å². The van der Waals surface area contributed by atoms with Crippen LogP contribution in [0.15, 0.2) is 23.6 Å². The van der Waals surface area contributed by atoms with Crippen molar-refractivity contribution in [1.29, 1.82) is 0 Å². The van der Waals surface area contributed by atoms with Crippen molar-refractivity contribution in [1.82, 2.24) is 9.88 Å². The first-order valence-corrected chi connectivity index (χ1v) is 11.4. The van der Waals surface area contributed by atoms with E-state index in [1.165, 1.54) is 18.4 Å². The SMILES string of the molecule is COC(=O)c1cc(C2CN(C)CCO2)ccc1NC(=O)c1csc(N2CC[C@H](C)C2)n1. The van der Waals surface area contributed by atoms with Crippen LogP contribution in [0.1, 0.15) is 45.9 Å². The highest BCUT2D eigenvalue weighted by atomic mass is 32.1. The monoisotopic (exact) mass is 444 g/mol. The maximum atomic E-state index is 12.8. The average molecular weight is 445 g/mol. The fraction of sp³-hybridized carbons (Fsp3) is 0.500. The number of nitrogens with zero attached hydrogens (tertiary/aromatic N) is 3. The van der Waals surface area contributed by atoms with Gasteiger partial charge < -0.3 is 24.6 Å². The summed E-state index contributed by atoms with van der Waals surface area (Å²) >= 11 is 1.47. The first-order valence-electron chi connectivity index (χ1n) is 10.5. The number of hydrogen-bond donors (Lipinski definition) is 1. The molecule has 2 aromatic rings. The molecular formula is C22H28N4O4S. The van der Waals surface area contributed by atoms with Crippen LogP contribution in [0.5, 0.6) is 0 Å². The Bertz CT molecular complexity index is 963. The molecule has 1 amide bonds. The van der Waals surface area contributed by atoms with E-state index in [1.807, 2.05) is 13.1 Å². The highest BCUT2D eigenvalue weighted by Gasteiger charge is 2.25. The molecule has 0 bridgehead atoms. The van der Waals surface area contributed by atoms with E-state index in [0.29, 0.717) is 29.5 Å². The number of anilines is 2. The number of aromatic nitrogens is 1. The third-order valence-corrected chi connectivity index (χ3v) is 6.66. The second-order valence-corrected chi connectivity index (χ2v) is 9.06. The van der Waals surface area contributed by atoms with Gasteiger partial charge in [-0.1, -0.05) is 13.0 Å². The largest absolute Gasteiger partial charge is 0.465 e. The van der Waals surface area contributed by atoms with Crippen LogP contribution in [0.4, 0.5) is 10.8 Å². The number of rotatable bonds is 5. The van der Waals surface area contributed by atoms with Gasteiger partial charge in [-0.2, -0.15) is 0 Å². The number of amides is 1. The molecule has 9 heteroatoms. The van der Waals surface area contributed by atoms with Crippen molar-refractivity contribution >= 4 is 34.0 Å². The van der Waals surface area contributed by atoms with E-state index >= 15 is 0 Å². The van der Waals surface area contributed by atoms with Crippen molar-refractivity contribution in [2.75, 3.05) is 57.2 Å². The summed E-state index contributed by atoms with van der Waals surface area (Å²) in [5.74, 6) is -0.220. The summed E-state index contributed by atoms with van der Waals surface area (Å²) in [4.78, 5) is 34.1. The Balaban J connectivity index is 1.52. The van der Waals surface area contributed by atoms with E-state index in [0.717, 1.165) is 43.3 Å². The Morgan fingerprint density at radius 3 is 2.84 bits per heavy atom. The summed E-state index contributed by atoms with van der Waals surface area (Å²) in [6.07, 6.45) is 1.01. The van der Waals surface area contributed by atoms with E-state index in [9.17, 15) is 9.59 Å². The molecule has 0 radical (unpaired) electrons. The van der Waals surface area contributed by atoms with E-state index in [2.05, 4.69) is 27.0 Å². The minimum atomic E-state index is -0.508. The average Bonchev–Trinajstić information content (AvgIpc) is 3.42. The van der Waals surface area contributed by atoms with Crippen LogP contribution in [0.25, 0.3) is 0 Å². The first kappa shape index (κ1) is 21.7. The first-order chi connectivity index (χ1) is 14.9. The predicted octanol–water partition coefficient (Wildman–Crippen LogP) is 3.03. The van der Waals surface area contributed by atoms with E-state index in [-0.39, 0.29) is 12.0 Å². The third kappa shape index (κ3) is 4.89. The standard InChI is InChI=1S/C22H28N4O4S/c1-14-6-7-26(11-14)22-24-18(13-31-22)20(27)23-17-5-4-15(10-16(17)21(28)29-3)19-12-25(2)8-9-30-19/h4-5,10,13-14,19H,6-9,11-12H2,1-3H3,(H,23,27)/t14-,19?/m0/s1. The second-order valence-electron chi connectivity index (χ2n) is 8.23. The summed E-state index contributed by atoms with van der Waals surface area (Å²) in [5, 5.41) is 5.44. The number of ether oxygens (including phenoxy) is 2. The van der Waals surface area contributed by atoms with Crippen LogP contribution < -0.4 is 10.2 Å². The van der Waals surface area contributed by atoms with Crippen molar-refractivity contribution in [3.8, 4) is 0 Å². The molecule has 166 valence electrons. The van der Waals surface area contributed by atoms with Crippen LogP contribution in [-0.4, -0.2) is 68.7 Å². The second kappa shape index (κ2) is 9.33. The number of carbonyl (C=O) groups is 2. The van der Waals surface area contributed by atoms with Crippen LogP contribution in [0.2, 0.25) is 0 Å². The number of benzene rings is 1. The van der Waals surface area contributed by atoms with Crippen molar-refractivity contribution in [2.24, 2.45) is 5.92 Å². The van der Waals surface area contributed by atoms with Crippen molar-refractivity contribution in [3.63, 3.8) is 0 Å². The molecular weight excluding hydrogens is 416 g/mol. The van der Waals surface area contributed by atoms with Gasteiger partial charge in [0.15, 0.2) is 5.13 Å².